The largest absolute Gasteiger partial charge is 0.490 e. The first kappa shape index (κ1) is 39.7. The van der Waals surface area contributed by atoms with Crippen LogP contribution in [0.1, 0.15) is 42.5 Å². The van der Waals surface area contributed by atoms with E-state index in [1.807, 2.05) is 0 Å². The standard InChI is InChI=1S/C24H33N5O5.2C2HF3O2/c25-12-15-1-3-16(4-2-15)23(32)29-13-19(28-10-9-26-21(30)14-28)11-20(29)22(31)27-18-7-5-17(6-8-18)24(33)34;2*3-2(4,5)1(6)7/h5-8,15-16,19-20H,1-4,9-14,25H2,(H,26,30)(H,27,31)(H,33,34);2*(H,6,7)/t15?,16?,19-,20-;;/m0../s1. The number of hydrogen-bond donors (Lipinski definition) is 6. The number of benzene rings is 1. The molecule has 20 heteroatoms. The maximum Gasteiger partial charge on any atom is 0.490 e. The third-order valence-electron chi connectivity index (χ3n) is 7.86. The smallest absolute Gasteiger partial charge is 0.478 e. The van der Waals surface area contributed by atoms with Crippen molar-refractivity contribution in [2.24, 2.45) is 17.6 Å². The highest BCUT2D eigenvalue weighted by molar-refractivity contribution is 5.98. The molecule has 0 bridgehead atoms. The van der Waals surface area contributed by atoms with E-state index in [2.05, 4.69) is 15.5 Å². The van der Waals surface area contributed by atoms with E-state index in [4.69, 9.17) is 30.6 Å². The molecule has 1 aliphatic carbocycles. The summed E-state index contributed by atoms with van der Waals surface area (Å²) in [6.07, 6.45) is -6.32. The second-order valence-corrected chi connectivity index (χ2v) is 11.1. The van der Waals surface area contributed by atoms with E-state index in [1.165, 1.54) is 12.1 Å². The molecule has 0 radical (unpaired) electrons. The summed E-state index contributed by atoms with van der Waals surface area (Å²) in [5.74, 6) is -6.55. The summed E-state index contributed by atoms with van der Waals surface area (Å²) < 4.78 is 63.5. The summed E-state index contributed by atoms with van der Waals surface area (Å²) in [6, 6.07) is 5.24. The minimum absolute atomic E-state index is 0.000748. The van der Waals surface area contributed by atoms with E-state index in [0.717, 1.165) is 25.7 Å². The molecule has 1 aromatic carbocycles. The highest BCUT2D eigenvalue weighted by Gasteiger charge is 2.44. The number of carboxylic acid groups (broad SMARTS) is 3. The second kappa shape index (κ2) is 17.1. The van der Waals surface area contributed by atoms with Gasteiger partial charge in [0.15, 0.2) is 0 Å². The molecular formula is C28H35F6N5O9. The fraction of sp³-hybridized carbons (Fsp3) is 0.571. The van der Waals surface area contributed by atoms with Crippen LogP contribution in [-0.2, 0) is 24.0 Å². The monoisotopic (exact) mass is 699 g/mol. The van der Waals surface area contributed by atoms with E-state index >= 15 is 0 Å². The fourth-order valence-corrected chi connectivity index (χ4v) is 5.34. The average Bonchev–Trinajstić information content (AvgIpc) is 3.47. The van der Waals surface area contributed by atoms with Gasteiger partial charge in [-0.3, -0.25) is 19.3 Å². The first-order chi connectivity index (χ1) is 22.2. The van der Waals surface area contributed by atoms with Gasteiger partial charge >= 0.3 is 30.3 Å². The predicted molar refractivity (Wildman–Crippen MR) is 152 cm³/mol. The van der Waals surface area contributed by atoms with Gasteiger partial charge in [0.2, 0.25) is 17.7 Å². The van der Waals surface area contributed by atoms with Gasteiger partial charge in [-0.15, -0.1) is 0 Å². The lowest BCUT2D eigenvalue weighted by Crippen LogP contribution is -2.52. The van der Waals surface area contributed by atoms with Crippen molar-refractivity contribution in [1.82, 2.24) is 15.1 Å². The molecule has 0 unspecified atom stereocenters. The SMILES string of the molecule is NCC1CCC(C(=O)N2C[C@@H](N3CCNC(=O)C3)C[C@H]2C(=O)Nc2ccc(C(=O)O)cc2)CC1.O=C(O)C(F)(F)F.O=C(O)C(F)(F)F. The van der Waals surface area contributed by atoms with Gasteiger partial charge in [-0.1, -0.05) is 0 Å². The van der Waals surface area contributed by atoms with Gasteiger partial charge in [0.25, 0.3) is 0 Å². The normalized spacial score (nSPS) is 23.0. The highest BCUT2D eigenvalue weighted by atomic mass is 19.4. The first-order valence-corrected chi connectivity index (χ1v) is 14.5. The number of nitrogens with two attached hydrogens (primary N) is 1. The van der Waals surface area contributed by atoms with E-state index in [0.29, 0.717) is 44.2 Å². The predicted octanol–water partition coefficient (Wildman–Crippen LogP) is 1.76. The van der Waals surface area contributed by atoms with Gasteiger partial charge in [-0.05, 0) is 68.8 Å². The summed E-state index contributed by atoms with van der Waals surface area (Å²) in [6.45, 7) is 2.55. The molecule has 2 heterocycles. The Morgan fingerprint density at radius 1 is 0.896 bits per heavy atom. The van der Waals surface area contributed by atoms with Crippen LogP contribution in [0.3, 0.4) is 0 Å². The number of nitrogens with zero attached hydrogens (tertiary/aromatic N) is 2. The van der Waals surface area contributed by atoms with Crippen LogP contribution < -0.4 is 16.4 Å². The molecule has 3 amide bonds. The third-order valence-corrected chi connectivity index (χ3v) is 7.86. The molecule has 3 aliphatic rings. The molecule has 0 spiro atoms. The molecule has 1 aromatic rings. The number of aliphatic carboxylic acids is 2. The average molecular weight is 700 g/mol. The number of alkyl halides is 6. The van der Waals surface area contributed by atoms with Crippen molar-refractivity contribution in [3.8, 4) is 0 Å². The van der Waals surface area contributed by atoms with Crippen LogP contribution in [-0.4, -0.2) is 118 Å². The number of carbonyl (C=O) groups is 6. The van der Waals surface area contributed by atoms with Crippen molar-refractivity contribution < 1.29 is 70.4 Å². The molecule has 268 valence electrons. The van der Waals surface area contributed by atoms with E-state index < -0.39 is 36.3 Å². The number of halogens is 6. The van der Waals surface area contributed by atoms with Crippen LogP contribution >= 0.6 is 0 Å². The number of anilines is 1. The maximum atomic E-state index is 13.5. The lowest BCUT2D eigenvalue weighted by Gasteiger charge is -2.33. The summed E-state index contributed by atoms with van der Waals surface area (Å²) >= 11 is 0. The van der Waals surface area contributed by atoms with Gasteiger partial charge in [-0.2, -0.15) is 26.3 Å². The Morgan fingerprint density at radius 2 is 1.42 bits per heavy atom. The zero-order chi connectivity index (χ0) is 36.4. The molecule has 48 heavy (non-hydrogen) atoms. The minimum Gasteiger partial charge on any atom is -0.478 e. The van der Waals surface area contributed by atoms with Crippen LogP contribution in [0.25, 0.3) is 0 Å². The zero-order valence-corrected chi connectivity index (χ0v) is 25.2. The zero-order valence-electron chi connectivity index (χ0n) is 25.2. The van der Waals surface area contributed by atoms with Crippen molar-refractivity contribution in [3.63, 3.8) is 0 Å². The van der Waals surface area contributed by atoms with Crippen LogP contribution in [0.2, 0.25) is 0 Å². The minimum atomic E-state index is -5.08. The van der Waals surface area contributed by atoms with E-state index in [1.54, 1.807) is 17.0 Å². The van der Waals surface area contributed by atoms with Crippen LogP contribution in [0.15, 0.2) is 24.3 Å². The van der Waals surface area contributed by atoms with Crippen molar-refractivity contribution >= 4 is 41.3 Å². The summed E-state index contributed by atoms with van der Waals surface area (Å²) in [4.78, 5) is 71.4. The number of likely N-dealkylation sites (tertiary alicyclic amines) is 1. The Hall–Kier alpha value is -4.46. The van der Waals surface area contributed by atoms with Crippen LogP contribution in [0.5, 0.6) is 0 Å². The Bertz CT molecular complexity index is 1290. The van der Waals surface area contributed by atoms with Crippen molar-refractivity contribution in [3.05, 3.63) is 29.8 Å². The molecule has 2 aliphatic heterocycles. The molecule has 0 aromatic heterocycles. The molecule has 14 nitrogen and oxygen atoms in total. The van der Waals surface area contributed by atoms with Gasteiger partial charge in [-0.25, -0.2) is 14.4 Å². The van der Waals surface area contributed by atoms with Crippen LogP contribution in [0.4, 0.5) is 32.0 Å². The number of piperazine rings is 1. The molecular weight excluding hydrogens is 664 g/mol. The lowest BCUT2D eigenvalue weighted by molar-refractivity contribution is -0.193. The first-order valence-electron chi connectivity index (χ1n) is 14.5. The number of aromatic carboxylic acids is 1. The molecule has 3 fully saturated rings. The molecule has 1 saturated carbocycles. The van der Waals surface area contributed by atoms with Gasteiger partial charge < -0.3 is 36.6 Å². The molecule has 2 saturated heterocycles. The van der Waals surface area contributed by atoms with Gasteiger partial charge in [0.05, 0.1) is 12.1 Å². The topological polar surface area (TPSA) is 220 Å². The van der Waals surface area contributed by atoms with Crippen molar-refractivity contribution in [2.75, 3.05) is 38.0 Å². The second-order valence-electron chi connectivity index (χ2n) is 11.1. The number of rotatable bonds is 6. The Balaban J connectivity index is 0.000000479. The van der Waals surface area contributed by atoms with Gasteiger partial charge in [0, 0.05) is 37.3 Å². The summed E-state index contributed by atoms with van der Waals surface area (Å²) in [5.41, 5.74) is 6.41. The number of hydrogen-bond acceptors (Lipinski definition) is 8. The maximum absolute atomic E-state index is 13.5. The van der Waals surface area contributed by atoms with Crippen molar-refractivity contribution in [2.45, 2.75) is 56.5 Å². The number of carboxylic acids is 3. The quantitative estimate of drug-likeness (QED) is 0.235. The highest BCUT2D eigenvalue weighted by Crippen LogP contribution is 2.33. The molecule has 7 N–H and O–H groups in total. The van der Waals surface area contributed by atoms with E-state index in [-0.39, 0.29) is 41.8 Å². The number of amides is 3. The Morgan fingerprint density at radius 3 is 1.85 bits per heavy atom. The molecule has 4 rings (SSSR count). The van der Waals surface area contributed by atoms with Gasteiger partial charge in [0.1, 0.15) is 6.04 Å². The Kier molecular flexibility index (Phi) is 14.1. The van der Waals surface area contributed by atoms with E-state index in [9.17, 15) is 45.5 Å². The van der Waals surface area contributed by atoms with Crippen LogP contribution in [0, 0.1) is 11.8 Å². The number of nitrogens with one attached hydrogen (secondary N) is 2. The third kappa shape index (κ3) is 12.0. The summed E-state index contributed by atoms with van der Waals surface area (Å²) in [5, 5.41) is 29.0. The number of carbonyl (C=O) groups excluding carboxylic acids is 3. The molecule has 2 atom stereocenters. The fourth-order valence-electron chi connectivity index (χ4n) is 5.34. The lowest BCUT2D eigenvalue weighted by atomic mass is 9.81. The summed E-state index contributed by atoms with van der Waals surface area (Å²) in [7, 11) is 0. The Labute approximate surface area is 269 Å². The van der Waals surface area contributed by atoms with Crippen molar-refractivity contribution in [1.29, 1.82) is 0 Å².